The average Bonchev–Trinajstić information content (AvgIpc) is 3.13. The molecule has 124 valence electrons. The maximum absolute atomic E-state index is 11.5. The van der Waals surface area contributed by atoms with Gasteiger partial charge < -0.3 is 0 Å². The van der Waals surface area contributed by atoms with Crippen LogP contribution in [0.4, 0.5) is 5.69 Å². The van der Waals surface area contributed by atoms with Crippen LogP contribution in [0.2, 0.25) is 0 Å². The predicted molar refractivity (Wildman–Crippen MR) is 102 cm³/mol. The van der Waals surface area contributed by atoms with Crippen LogP contribution in [-0.2, 0) is 0 Å². The highest BCUT2D eigenvalue weighted by Crippen LogP contribution is 2.35. The summed E-state index contributed by atoms with van der Waals surface area (Å²) in [4.78, 5) is 15.8. The molecule has 0 unspecified atom stereocenters. The molecule has 0 radical (unpaired) electrons. The van der Waals surface area contributed by atoms with E-state index in [1.165, 1.54) is 6.07 Å². The van der Waals surface area contributed by atoms with Crippen molar-refractivity contribution in [3.05, 3.63) is 89.1 Å². The van der Waals surface area contributed by atoms with Crippen LogP contribution in [0.15, 0.2) is 79.0 Å². The van der Waals surface area contributed by atoms with Gasteiger partial charge in [0.25, 0.3) is 5.69 Å². The van der Waals surface area contributed by atoms with Crippen molar-refractivity contribution in [3.8, 4) is 11.3 Å². The Hall–Kier alpha value is -3.73. The fourth-order valence-corrected chi connectivity index (χ4v) is 3.63. The van der Waals surface area contributed by atoms with Gasteiger partial charge in [0.2, 0.25) is 0 Å². The second-order valence-electron chi connectivity index (χ2n) is 6.14. The molecule has 2 aromatic heterocycles. The third-order valence-corrected chi connectivity index (χ3v) is 4.74. The van der Waals surface area contributed by atoms with E-state index in [-0.39, 0.29) is 10.6 Å². The first kappa shape index (κ1) is 14.6. The van der Waals surface area contributed by atoms with Gasteiger partial charge in [0.15, 0.2) is 0 Å². The first-order chi connectivity index (χ1) is 12.8. The molecule has 0 N–H and O–H groups in total. The second kappa shape index (κ2) is 5.39. The van der Waals surface area contributed by atoms with E-state index in [1.807, 2.05) is 46.9 Å². The summed E-state index contributed by atoms with van der Waals surface area (Å²) in [7, 11) is 0. The maximum atomic E-state index is 11.5. The number of hydrogen-bond acceptors (Lipinski definition) is 3. The standard InChI is InChI=1S/C21H13N3O2/c25-24(26)19-12-6-4-10-17(19)20-13-22-21-16-9-2-1-7-14(16)15-8-3-5-11-18(15)23(20)21/h1-13H. The van der Waals surface area contributed by atoms with Crippen molar-refractivity contribution in [1.82, 2.24) is 9.38 Å². The van der Waals surface area contributed by atoms with Gasteiger partial charge in [-0.25, -0.2) is 4.98 Å². The number of nitro groups is 1. The Kier molecular flexibility index (Phi) is 3.03. The largest absolute Gasteiger partial charge is 0.291 e. The lowest BCUT2D eigenvalue weighted by Crippen LogP contribution is -1.96. The fraction of sp³-hybridized carbons (Fsp3) is 0. The van der Waals surface area contributed by atoms with E-state index >= 15 is 0 Å². The Morgan fingerprint density at radius 2 is 1.46 bits per heavy atom. The number of nitro benzene ring substituents is 1. The highest BCUT2D eigenvalue weighted by atomic mass is 16.6. The molecule has 2 heterocycles. The molecule has 0 saturated heterocycles. The van der Waals surface area contributed by atoms with Gasteiger partial charge in [0.05, 0.1) is 27.9 Å². The van der Waals surface area contributed by atoms with Crippen molar-refractivity contribution in [2.75, 3.05) is 0 Å². The summed E-state index contributed by atoms with van der Waals surface area (Å²) in [6, 6.07) is 23.0. The Morgan fingerprint density at radius 1 is 0.808 bits per heavy atom. The van der Waals surface area contributed by atoms with Crippen LogP contribution >= 0.6 is 0 Å². The number of nitrogens with zero attached hydrogens (tertiary/aromatic N) is 3. The topological polar surface area (TPSA) is 60.4 Å². The number of pyridine rings is 1. The minimum atomic E-state index is -0.349. The van der Waals surface area contributed by atoms with Crippen molar-refractivity contribution in [2.24, 2.45) is 0 Å². The molecule has 0 amide bonds. The molecule has 26 heavy (non-hydrogen) atoms. The Balaban J connectivity index is 2.01. The van der Waals surface area contributed by atoms with Crippen LogP contribution in [0.1, 0.15) is 0 Å². The number of rotatable bonds is 2. The summed E-state index contributed by atoms with van der Waals surface area (Å²) in [5.41, 5.74) is 3.13. The molecule has 0 aliphatic carbocycles. The monoisotopic (exact) mass is 339 g/mol. The molecule has 0 spiro atoms. The molecule has 0 atom stereocenters. The number of hydrogen-bond donors (Lipinski definition) is 0. The van der Waals surface area contributed by atoms with Crippen molar-refractivity contribution in [3.63, 3.8) is 0 Å². The first-order valence-corrected chi connectivity index (χ1v) is 8.26. The Labute approximate surface area is 148 Å². The van der Waals surface area contributed by atoms with Gasteiger partial charge >= 0.3 is 0 Å². The van der Waals surface area contributed by atoms with Gasteiger partial charge in [-0.15, -0.1) is 0 Å². The van der Waals surface area contributed by atoms with Gasteiger partial charge in [0, 0.05) is 16.8 Å². The summed E-state index contributed by atoms with van der Waals surface area (Å²) >= 11 is 0. The minimum Gasteiger partial charge on any atom is -0.291 e. The summed E-state index contributed by atoms with van der Waals surface area (Å²) in [6.07, 6.45) is 1.72. The zero-order valence-electron chi connectivity index (χ0n) is 13.7. The van der Waals surface area contributed by atoms with E-state index in [0.717, 1.165) is 27.3 Å². The third kappa shape index (κ3) is 1.94. The molecule has 0 fully saturated rings. The van der Waals surface area contributed by atoms with Gasteiger partial charge in [-0.05, 0) is 17.5 Å². The van der Waals surface area contributed by atoms with Crippen LogP contribution in [0, 0.1) is 10.1 Å². The SMILES string of the molecule is O=[N+]([O-])c1ccccc1-c1cnc2c3ccccc3c3ccccc3n12. The van der Waals surface area contributed by atoms with E-state index in [0.29, 0.717) is 11.3 Å². The van der Waals surface area contributed by atoms with E-state index in [9.17, 15) is 10.1 Å². The molecular formula is C21H13N3O2. The Morgan fingerprint density at radius 3 is 2.27 bits per heavy atom. The maximum Gasteiger partial charge on any atom is 0.278 e. The van der Waals surface area contributed by atoms with E-state index in [4.69, 9.17) is 0 Å². The minimum absolute atomic E-state index is 0.0755. The molecule has 3 aromatic carbocycles. The predicted octanol–water partition coefficient (Wildman–Crippen LogP) is 5.22. The van der Waals surface area contributed by atoms with Gasteiger partial charge in [-0.2, -0.15) is 0 Å². The highest BCUT2D eigenvalue weighted by molar-refractivity contribution is 6.12. The third-order valence-electron chi connectivity index (χ3n) is 4.74. The molecule has 0 saturated carbocycles. The number of aromatic nitrogens is 2. The quantitative estimate of drug-likeness (QED) is 0.252. The van der Waals surface area contributed by atoms with Crippen molar-refractivity contribution in [2.45, 2.75) is 0 Å². The van der Waals surface area contributed by atoms with Crippen molar-refractivity contribution < 1.29 is 4.92 Å². The van der Waals surface area contributed by atoms with Crippen LogP contribution in [-0.4, -0.2) is 14.3 Å². The first-order valence-electron chi connectivity index (χ1n) is 8.26. The van der Waals surface area contributed by atoms with Gasteiger partial charge in [0.1, 0.15) is 5.65 Å². The van der Waals surface area contributed by atoms with E-state index < -0.39 is 0 Å². The molecular weight excluding hydrogens is 326 g/mol. The zero-order chi connectivity index (χ0) is 17.7. The molecule has 5 aromatic rings. The average molecular weight is 339 g/mol. The molecule has 5 heteroatoms. The number of para-hydroxylation sites is 2. The van der Waals surface area contributed by atoms with Crippen LogP contribution in [0.3, 0.4) is 0 Å². The van der Waals surface area contributed by atoms with E-state index in [2.05, 4.69) is 17.1 Å². The summed E-state index contributed by atoms with van der Waals surface area (Å²) in [6.45, 7) is 0. The molecule has 0 bridgehead atoms. The van der Waals surface area contributed by atoms with E-state index in [1.54, 1.807) is 18.3 Å². The second-order valence-corrected chi connectivity index (χ2v) is 6.14. The summed E-state index contributed by atoms with van der Waals surface area (Å²) in [5, 5.41) is 14.7. The summed E-state index contributed by atoms with van der Waals surface area (Å²) in [5.74, 6) is 0. The van der Waals surface area contributed by atoms with Gasteiger partial charge in [-0.3, -0.25) is 14.5 Å². The van der Waals surface area contributed by atoms with Crippen molar-refractivity contribution >= 4 is 33.0 Å². The normalized spacial score (nSPS) is 11.4. The van der Waals surface area contributed by atoms with Crippen LogP contribution in [0.25, 0.3) is 38.6 Å². The smallest absolute Gasteiger partial charge is 0.278 e. The molecule has 0 aliphatic rings. The fourth-order valence-electron chi connectivity index (χ4n) is 3.63. The van der Waals surface area contributed by atoms with Crippen molar-refractivity contribution in [1.29, 1.82) is 0 Å². The highest BCUT2D eigenvalue weighted by Gasteiger charge is 2.20. The lowest BCUT2D eigenvalue weighted by molar-refractivity contribution is -0.384. The number of benzene rings is 3. The van der Waals surface area contributed by atoms with Crippen LogP contribution in [0.5, 0.6) is 0 Å². The lowest BCUT2D eigenvalue weighted by atomic mass is 10.1. The molecule has 5 nitrogen and oxygen atoms in total. The van der Waals surface area contributed by atoms with Gasteiger partial charge in [-0.1, -0.05) is 54.6 Å². The molecule has 5 rings (SSSR count). The number of imidazole rings is 1. The molecule has 0 aliphatic heterocycles. The summed E-state index contributed by atoms with van der Waals surface area (Å²) < 4.78 is 2.01. The zero-order valence-corrected chi connectivity index (χ0v) is 13.7. The Bertz CT molecular complexity index is 1320. The van der Waals surface area contributed by atoms with Crippen LogP contribution < -0.4 is 0 Å². The lowest BCUT2D eigenvalue weighted by Gasteiger charge is -2.10. The number of fused-ring (bicyclic) bond motifs is 6.